The fraction of sp³-hybridized carbons (Fsp3) is 0.833. The van der Waals surface area contributed by atoms with E-state index in [-0.39, 0.29) is 11.9 Å². The highest BCUT2D eigenvalue weighted by molar-refractivity contribution is 5.81. The molecule has 1 aliphatic heterocycles. The van der Waals surface area contributed by atoms with Crippen LogP contribution >= 0.6 is 0 Å². The van der Waals surface area contributed by atoms with Gasteiger partial charge in [0.05, 0.1) is 12.1 Å². The average Bonchev–Trinajstić information content (AvgIpc) is 2.82. The highest BCUT2D eigenvalue weighted by Crippen LogP contribution is 2.12. The van der Waals surface area contributed by atoms with Gasteiger partial charge < -0.3 is 4.90 Å². The van der Waals surface area contributed by atoms with Crippen LogP contribution in [0.15, 0.2) is 0 Å². The molecular formula is C12H21N3O. The van der Waals surface area contributed by atoms with Gasteiger partial charge >= 0.3 is 0 Å². The lowest BCUT2D eigenvalue weighted by Crippen LogP contribution is -2.46. The maximum Gasteiger partial charge on any atom is 0.239 e. The van der Waals surface area contributed by atoms with E-state index >= 15 is 0 Å². The van der Waals surface area contributed by atoms with Gasteiger partial charge in [0.1, 0.15) is 0 Å². The highest BCUT2D eigenvalue weighted by atomic mass is 16.2. The summed E-state index contributed by atoms with van der Waals surface area (Å²) in [5.74, 6) is 0.220. The van der Waals surface area contributed by atoms with Gasteiger partial charge in [-0.3, -0.25) is 9.69 Å². The number of amides is 1. The Kier molecular flexibility index (Phi) is 5.27. The van der Waals surface area contributed by atoms with Crippen LogP contribution in [0.1, 0.15) is 33.1 Å². The molecule has 1 amide bonds. The molecule has 4 nitrogen and oxygen atoms in total. The van der Waals surface area contributed by atoms with Gasteiger partial charge in [-0.1, -0.05) is 6.92 Å². The van der Waals surface area contributed by atoms with E-state index in [0.29, 0.717) is 13.0 Å². The van der Waals surface area contributed by atoms with Crippen molar-refractivity contribution in [1.82, 2.24) is 9.80 Å². The monoisotopic (exact) mass is 223 g/mol. The first-order valence-electron chi connectivity index (χ1n) is 6.10. The molecule has 90 valence electrons. The van der Waals surface area contributed by atoms with E-state index in [4.69, 9.17) is 5.26 Å². The van der Waals surface area contributed by atoms with Gasteiger partial charge in [-0.2, -0.15) is 5.26 Å². The molecule has 1 atom stereocenters. The minimum absolute atomic E-state index is 0.0866. The quantitative estimate of drug-likeness (QED) is 0.704. The lowest BCUT2D eigenvalue weighted by molar-refractivity contribution is -0.135. The Morgan fingerprint density at radius 1 is 1.50 bits per heavy atom. The Morgan fingerprint density at radius 2 is 2.12 bits per heavy atom. The zero-order valence-corrected chi connectivity index (χ0v) is 10.3. The Balaban J connectivity index is 2.49. The van der Waals surface area contributed by atoms with Crippen molar-refractivity contribution in [3.63, 3.8) is 0 Å². The van der Waals surface area contributed by atoms with Crippen molar-refractivity contribution in [3.05, 3.63) is 0 Å². The standard InChI is InChI=1S/C12H21N3O/c1-3-14(10-6-7-13)11(2)12(16)15-8-4-5-9-15/h11H,3-6,8-10H2,1-2H3. The van der Waals surface area contributed by atoms with Gasteiger partial charge in [0.15, 0.2) is 0 Å². The Labute approximate surface area is 97.8 Å². The van der Waals surface area contributed by atoms with Crippen LogP contribution in [-0.4, -0.2) is 47.9 Å². The van der Waals surface area contributed by atoms with Crippen LogP contribution in [0.25, 0.3) is 0 Å². The summed E-state index contributed by atoms with van der Waals surface area (Å²) in [5, 5.41) is 8.57. The summed E-state index contributed by atoms with van der Waals surface area (Å²) in [6, 6.07) is 2.04. The number of carbonyl (C=O) groups is 1. The average molecular weight is 223 g/mol. The third kappa shape index (κ3) is 3.21. The summed E-state index contributed by atoms with van der Waals surface area (Å²) in [5.41, 5.74) is 0. The van der Waals surface area contributed by atoms with Crippen LogP contribution in [0.3, 0.4) is 0 Å². The lowest BCUT2D eigenvalue weighted by Gasteiger charge is -2.29. The predicted octanol–water partition coefficient (Wildman–Crippen LogP) is 1.23. The number of likely N-dealkylation sites (N-methyl/N-ethyl adjacent to an activating group) is 1. The first-order chi connectivity index (χ1) is 7.70. The summed E-state index contributed by atoms with van der Waals surface area (Å²) >= 11 is 0. The number of carbonyl (C=O) groups excluding carboxylic acids is 1. The van der Waals surface area contributed by atoms with Crippen molar-refractivity contribution < 1.29 is 4.79 Å². The third-order valence-electron chi connectivity index (χ3n) is 3.24. The topological polar surface area (TPSA) is 47.3 Å². The molecule has 0 aliphatic carbocycles. The number of nitrogens with zero attached hydrogens (tertiary/aromatic N) is 3. The van der Waals surface area contributed by atoms with Crippen LogP contribution in [0.5, 0.6) is 0 Å². The zero-order chi connectivity index (χ0) is 12.0. The minimum Gasteiger partial charge on any atom is -0.341 e. The molecule has 0 radical (unpaired) electrons. The normalized spacial score (nSPS) is 17.5. The molecule has 1 rings (SSSR count). The van der Waals surface area contributed by atoms with E-state index in [9.17, 15) is 4.79 Å². The van der Waals surface area contributed by atoms with E-state index in [0.717, 1.165) is 32.5 Å². The molecule has 4 heteroatoms. The van der Waals surface area contributed by atoms with E-state index < -0.39 is 0 Å². The molecule has 1 aliphatic rings. The molecule has 0 spiro atoms. The number of rotatable bonds is 5. The van der Waals surface area contributed by atoms with Crippen LogP contribution in [0.4, 0.5) is 0 Å². The smallest absolute Gasteiger partial charge is 0.239 e. The molecular weight excluding hydrogens is 202 g/mol. The fourth-order valence-corrected chi connectivity index (χ4v) is 2.18. The van der Waals surface area contributed by atoms with Crippen LogP contribution in [-0.2, 0) is 4.79 Å². The van der Waals surface area contributed by atoms with Crippen LogP contribution < -0.4 is 0 Å². The predicted molar refractivity (Wildman–Crippen MR) is 62.8 cm³/mol. The minimum atomic E-state index is -0.0866. The lowest BCUT2D eigenvalue weighted by atomic mass is 10.2. The Morgan fingerprint density at radius 3 is 2.62 bits per heavy atom. The van der Waals surface area contributed by atoms with Gasteiger partial charge in [-0.25, -0.2) is 0 Å². The maximum atomic E-state index is 12.1. The SMILES string of the molecule is CCN(CCC#N)C(C)C(=O)N1CCCC1. The van der Waals surface area contributed by atoms with Crippen molar-refractivity contribution in [1.29, 1.82) is 5.26 Å². The number of hydrogen-bond acceptors (Lipinski definition) is 3. The van der Waals surface area contributed by atoms with E-state index in [2.05, 4.69) is 11.0 Å². The van der Waals surface area contributed by atoms with Gasteiger partial charge in [-0.15, -0.1) is 0 Å². The summed E-state index contributed by atoms with van der Waals surface area (Å²) in [6.45, 7) is 7.29. The fourth-order valence-electron chi connectivity index (χ4n) is 2.18. The van der Waals surface area contributed by atoms with Crippen molar-refractivity contribution in [2.75, 3.05) is 26.2 Å². The molecule has 0 saturated carbocycles. The number of hydrogen-bond donors (Lipinski definition) is 0. The van der Waals surface area contributed by atoms with Crippen LogP contribution in [0.2, 0.25) is 0 Å². The van der Waals surface area contributed by atoms with Gasteiger partial charge in [0.2, 0.25) is 5.91 Å². The van der Waals surface area contributed by atoms with Gasteiger partial charge in [0, 0.05) is 26.1 Å². The molecule has 0 bridgehead atoms. The van der Waals surface area contributed by atoms with Crippen molar-refractivity contribution in [2.24, 2.45) is 0 Å². The van der Waals surface area contributed by atoms with E-state index in [1.54, 1.807) is 0 Å². The summed E-state index contributed by atoms with van der Waals surface area (Å²) in [7, 11) is 0. The Bertz CT molecular complexity index is 266. The zero-order valence-electron chi connectivity index (χ0n) is 10.3. The van der Waals surface area contributed by atoms with Crippen molar-refractivity contribution in [3.8, 4) is 6.07 Å². The molecule has 1 fully saturated rings. The molecule has 0 aromatic heterocycles. The highest BCUT2D eigenvalue weighted by Gasteiger charge is 2.26. The van der Waals surface area contributed by atoms with Gasteiger partial charge in [0.25, 0.3) is 0 Å². The summed E-state index contributed by atoms with van der Waals surface area (Å²) in [6.07, 6.45) is 2.75. The second-order valence-corrected chi connectivity index (χ2v) is 4.25. The molecule has 0 aromatic rings. The van der Waals surface area contributed by atoms with Crippen LogP contribution in [0, 0.1) is 11.3 Å². The molecule has 1 heterocycles. The van der Waals surface area contributed by atoms with E-state index in [1.165, 1.54) is 0 Å². The maximum absolute atomic E-state index is 12.1. The summed E-state index contributed by atoms with van der Waals surface area (Å²) in [4.78, 5) is 16.1. The third-order valence-corrected chi connectivity index (χ3v) is 3.24. The van der Waals surface area contributed by atoms with E-state index in [1.807, 2.05) is 18.7 Å². The summed E-state index contributed by atoms with van der Waals surface area (Å²) < 4.78 is 0. The second-order valence-electron chi connectivity index (χ2n) is 4.25. The molecule has 16 heavy (non-hydrogen) atoms. The van der Waals surface area contributed by atoms with Crippen molar-refractivity contribution in [2.45, 2.75) is 39.2 Å². The first-order valence-corrected chi connectivity index (χ1v) is 6.10. The first kappa shape index (κ1) is 13.0. The van der Waals surface area contributed by atoms with Crippen molar-refractivity contribution >= 4 is 5.91 Å². The molecule has 1 saturated heterocycles. The number of likely N-dealkylation sites (tertiary alicyclic amines) is 1. The molecule has 0 aromatic carbocycles. The second kappa shape index (κ2) is 6.49. The molecule has 0 N–H and O–H groups in total. The number of nitriles is 1. The Hall–Kier alpha value is -1.08. The largest absolute Gasteiger partial charge is 0.341 e. The molecule has 1 unspecified atom stereocenters. The van der Waals surface area contributed by atoms with Gasteiger partial charge in [-0.05, 0) is 26.3 Å².